The number of amides is 3. The summed E-state index contributed by atoms with van der Waals surface area (Å²) >= 11 is 0. The molecule has 0 aromatic heterocycles. The lowest BCUT2D eigenvalue weighted by molar-refractivity contribution is -0.146. The van der Waals surface area contributed by atoms with Crippen LogP contribution in [-0.2, 0) is 41.9 Å². The minimum Gasteiger partial charge on any atom is -0.461 e. The fourth-order valence-electron chi connectivity index (χ4n) is 4.40. The number of hydrogen-bond acceptors (Lipinski definition) is 7. The van der Waals surface area contributed by atoms with Crippen molar-refractivity contribution in [3.8, 4) is 0 Å². The van der Waals surface area contributed by atoms with Gasteiger partial charge in [0.15, 0.2) is 0 Å². The van der Waals surface area contributed by atoms with E-state index in [1.54, 1.807) is 0 Å². The molecule has 9 heteroatoms. The Morgan fingerprint density at radius 1 is 0.900 bits per heavy atom. The molecule has 3 amide bonds. The van der Waals surface area contributed by atoms with Crippen molar-refractivity contribution in [2.45, 2.75) is 77.2 Å². The van der Waals surface area contributed by atoms with E-state index in [9.17, 15) is 19.2 Å². The van der Waals surface area contributed by atoms with Gasteiger partial charge < -0.3 is 20.1 Å². The second-order valence-electron chi connectivity index (χ2n) is 9.98. The van der Waals surface area contributed by atoms with E-state index >= 15 is 0 Å². The molecule has 2 aromatic carbocycles. The van der Waals surface area contributed by atoms with Crippen molar-refractivity contribution < 1.29 is 28.7 Å². The number of nitrogens with zero attached hydrogens (tertiary/aromatic N) is 1. The standard InChI is InChI=1S/C31H41N3O6/c1-2-3-16-28(35)33-21-29(36)34(18-11-10-17-30(37)40-23-25-14-8-5-9-15-25)31(38)27-19-26(20-32-27)39-22-24-12-6-4-7-13-24/h4-9,12-15,26-27,32H,2-3,10-11,16-23H2,1H3,(H,33,35)/t26?,27-/m1/s1. The summed E-state index contributed by atoms with van der Waals surface area (Å²) in [5, 5.41) is 5.81. The molecule has 1 unspecified atom stereocenters. The number of imide groups is 1. The monoisotopic (exact) mass is 551 g/mol. The van der Waals surface area contributed by atoms with E-state index in [-0.39, 0.29) is 50.0 Å². The number of esters is 1. The predicted molar refractivity (Wildman–Crippen MR) is 151 cm³/mol. The normalized spacial score (nSPS) is 16.3. The van der Waals surface area contributed by atoms with Crippen molar-refractivity contribution in [1.29, 1.82) is 0 Å². The third-order valence-electron chi connectivity index (χ3n) is 6.73. The first-order chi connectivity index (χ1) is 19.5. The Morgan fingerprint density at radius 2 is 1.57 bits per heavy atom. The Bertz CT molecular complexity index is 1080. The Kier molecular flexibility index (Phi) is 13.3. The van der Waals surface area contributed by atoms with Gasteiger partial charge >= 0.3 is 5.97 Å². The zero-order chi connectivity index (χ0) is 28.6. The number of ether oxygens (including phenoxy) is 2. The van der Waals surface area contributed by atoms with Crippen molar-refractivity contribution >= 4 is 23.7 Å². The molecular formula is C31H41N3O6. The fourth-order valence-corrected chi connectivity index (χ4v) is 4.40. The Balaban J connectivity index is 1.49. The highest BCUT2D eigenvalue weighted by Crippen LogP contribution is 2.16. The minimum absolute atomic E-state index is 0.153. The Labute approximate surface area is 236 Å². The summed E-state index contributed by atoms with van der Waals surface area (Å²) in [6.07, 6.45) is 3.35. The number of carbonyl (C=O) groups excluding carboxylic acids is 4. The van der Waals surface area contributed by atoms with E-state index in [2.05, 4.69) is 10.6 Å². The third kappa shape index (κ3) is 10.9. The first-order valence-corrected chi connectivity index (χ1v) is 14.2. The predicted octanol–water partition coefficient (Wildman–Crippen LogP) is 3.51. The van der Waals surface area contributed by atoms with Crippen LogP contribution in [-0.4, -0.2) is 60.4 Å². The molecule has 9 nitrogen and oxygen atoms in total. The molecule has 3 rings (SSSR count). The lowest BCUT2D eigenvalue weighted by atomic mass is 10.1. The lowest BCUT2D eigenvalue weighted by Crippen LogP contribution is -2.50. The fraction of sp³-hybridized carbons (Fsp3) is 0.484. The molecule has 0 spiro atoms. The average Bonchev–Trinajstić information content (AvgIpc) is 3.46. The summed E-state index contributed by atoms with van der Waals surface area (Å²) in [6, 6.07) is 18.7. The van der Waals surface area contributed by atoms with Crippen molar-refractivity contribution in [2.24, 2.45) is 0 Å². The van der Waals surface area contributed by atoms with Gasteiger partial charge in [-0.1, -0.05) is 74.0 Å². The number of unbranched alkanes of at least 4 members (excludes halogenated alkanes) is 2. The SMILES string of the molecule is CCCCC(=O)NCC(=O)N(CCCCC(=O)OCc1ccccc1)C(=O)[C@H]1CC(OCc2ccccc2)CN1. The quantitative estimate of drug-likeness (QED) is 0.242. The van der Waals surface area contributed by atoms with Gasteiger partial charge in [0.25, 0.3) is 0 Å². The molecule has 40 heavy (non-hydrogen) atoms. The molecule has 2 atom stereocenters. The topological polar surface area (TPSA) is 114 Å². The number of carbonyl (C=O) groups is 4. The smallest absolute Gasteiger partial charge is 0.306 e. The van der Waals surface area contributed by atoms with Crippen molar-refractivity contribution in [2.75, 3.05) is 19.6 Å². The van der Waals surface area contributed by atoms with Gasteiger partial charge in [0.1, 0.15) is 6.61 Å². The van der Waals surface area contributed by atoms with Gasteiger partial charge in [-0.3, -0.25) is 24.1 Å². The van der Waals surface area contributed by atoms with Gasteiger partial charge in [0.2, 0.25) is 17.7 Å². The Morgan fingerprint density at radius 3 is 2.25 bits per heavy atom. The van der Waals surface area contributed by atoms with Crippen LogP contribution in [0.1, 0.15) is 63.0 Å². The molecule has 1 fully saturated rings. The molecule has 2 aromatic rings. The van der Waals surface area contributed by atoms with Gasteiger partial charge in [0, 0.05) is 25.9 Å². The van der Waals surface area contributed by atoms with Crippen LogP contribution in [0.2, 0.25) is 0 Å². The zero-order valence-corrected chi connectivity index (χ0v) is 23.3. The number of rotatable bonds is 16. The first-order valence-electron chi connectivity index (χ1n) is 14.2. The van der Waals surface area contributed by atoms with Gasteiger partial charge in [-0.05, 0) is 36.8 Å². The van der Waals surface area contributed by atoms with Crippen LogP contribution in [0.25, 0.3) is 0 Å². The molecular weight excluding hydrogens is 510 g/mol. The van der Waals surface area contributed by atoms with E-state index in [0.29, 0.717) is 38.8 Å². The van der Waals surface area contributed by atoms with E-state index in [4.69, 9.17) is 9.47 Å². The number of benzene rings is 2. The molecule has 1 saturated heterocycles. The zero-order valence-electron chi connectivity index (χ0n) is 23.3. The average molecular weight is 552 g/mol. The minimum atomic E-state index is -0.559. The third-order valence-corrected chi connectivity index (χ3v) is 6.73. The molecule has 0 radical (unpaired) electrons. The van der Waals surface area contributed by atoms with E-state index < -0.39 is 11.9 Å². The molecule has 1 aliphatic rings. The van der Waals surface area contributed by atoms with Gasteiger partial charge in [-0.25, -0.2) is 0 Å². The van der Waals surface area contributed by atoms with E-state index in [1.807, 2.05) is 67.6 Å². The van der Waals surface area contributed by atoms with Gasteiger partial charge in [-0.15, -0.1) is 0 Å². The van der Waals surface area contributed by atoms with Gasteiger partial charge in [0.05, 0.1) is 25.3 Å². The summed E-state index contributed by atoms with van der Waals surface area (Å²) in [4.78, 5) is 51.8. The van der Waals surface area contributed by atoms with Crippen LogP contribution in [0.15, 0.2) is 60.7 Å². The molecule has 2 N–H and O–H groups in total. The van der Waals surface area contributed by atoms with Gasteiger partial charge in [-0.2, -0.15) is 0 Å². The number of hydrogen-bond donors (Lipinski definition) is 2. The number of nitrogens with one attached hydrogen (secondary N) is 2. The highest BCUT2D eigenvalue weighted by molar-refractivity contribution is 5.99. The first kappa shape index (κ1) is 31.0. The molecule has 0 aliphatic carbocycles. The maximum absolute atomic E-state index is 13.4. The molecule has 0 bridgehead atoms. The summed E-state index contributed by atoms with van der Waals surface area (Å²) in [5.74, 6) is -1.34. The second-order valence-corrected chi connectivity index (χ2v) is 9.98. The van der Waals surface area contributed by atoms with Crippen LogP contribution >= 0.6 is 0 Å². The van der Waals surface area contributed by atoms with Crippen LogP contribution in [0.3, 0.4) is 0 Å². The highest BCUT2D eigenvalue weighted by atomic mass is 16.5. The second kappa shape index (κ2) is 17.2. The van der Waals surface area contributed by atoms with E-state index in [1.165, 1.54) is 4.90 Å². The summed E-state index contributed by atoms with van der Waals surface area (Å²) in [7, 11) is 0. The van der Waals surface area contributed by atoms with Crippen LogP contribution in [0, 0.1) is 0 Å². The Hall–Kier alpha value is -3.56. The summed E-state index contributed by atoms with van der Waals surface area (Å²) in [6.45, 7) is 3.06. The van der Waals surface area contributed by atoms with Crippen LogP contribution in [0.5, 0.6) is 0 Å². The van der Waals surface area contributed by atoms with E-state index in [0.717, 1.165) is 24.0 Å². The lowest BCUT2D eigenvalue weighted by Gasteiger charge is -2.24. The summed E-state index contributed by atoms with van der Waals surface area (Å²) < 4.78 is 11.3. The highest BCUT2D eigenvalue weighted by Gasteiger charge is 2.35. The largest absolute Gasteiger partial charge is 0.461 e. The molecule has 216 valence electrons. The summed E-state index contributed by atoms with van der Waals surface area (Å²) in [5.41, 5.74) is 1.96. The molecule has 0 saturated carbocycles. The molecule has 1 heterocycles. The van der Waals surface area contributed by atoms with Crippen LogP contribution in [0.4, 0.5) is 0 Å². The maximum Gasteiger partial charge on any atom is 0.306 e. The molecule has 1 aliphatic heterocycles. The maximum atomic E-state index is 13.4. The van der Waals surface area contributed by atoms with Crippen molar-refractivity contribution in [3.63, 3.8) is 0 Å². The van der Waals surface area contributed by atoms with Crippen LogP contribution < -0.4 is 10.6 Å². The van der Waals surface area contributed by atoms with Crippen molar-refractivity contribution in [3.05, 3.63) is 71.8 Å². The van der Waals surface area contributed by atoms with Crippen molar-refractivity contribution in [1.82, 2.24) is 15.5 Å².